The Bertz CT molecular complexity index is 1480. The van der Waals surface area contributed by atoms with Gasteiger partial charge in [0.1, 0.15) is 5.82 Å². The lowest BCUT2D eigenvalue weighted by atomic mass is 10.1. The number of hydrogen-bond acceptors (Lipinski definition) is 6. The van der Waals surface area contributed by atoms with Crippen LogP contribution in [0, 0.1) is 13.8 Å². The summed E-state index contributed by atoms with van der Waals surface area (Å²) in [6.45, 7) is 10.2. The predicted molar refractivity (Wildman–Crippen MR) is 142 cm³/mol. The van der Waals surface area contributed by atoms with Crippen LogP contribution in [0.4, 0.5) is 10.9 Å². The first kappa shape index (κ1) is 21.1. The number of fused-ring (bicyclic) bond motifs is 2. The number of aromatic nitrogens is 4. The Morgan fingerprint density at radius 1 is 0.882 bits per heavy atom. The highest BCUT2D eigenvalue weighted by atomic mass is 32.1. The number of piperazine rings is 1. The molecule has 4 heterocycles. The van der Waals surface area contributed by atoms with Crippen molar-refractivity contribution < 1.29 is 0 Å². The van der Waals surface area contributed by atoms with Crippen molar-refractivity contribution in [1.82, 2.24) is 19.7 Å². The maximum atomic E-state index is 5.10. The van der Waals surface area contributed by atoms with Crippen molar-refractivity contribution in [2.24, 2.45) is 0 Å². The Balaban J connectivity index is 1.27. The fourth-order valence-corrected chi connectivity index (χ4v) is 5.92. The third-order valence-electron chi connectivity index (χ3n) is 6.72. The average Bonchev–Trinajstić information content (AvgIpc) is 3.45. The molecule has 7 heteroatoms. The molecule has 0 spiro atoms. The van der Waals surface area contributed by atoms with E-state index in [9.17, 15) is 0 Å². The number of benzene rings is 2. The zero-order valence-corrected chi connectivity index (χ0v) is 20.6. The maximum absolute atomic E-state index is 5.10. The first-order valence-corrected chi connectivity index (χ1v) is 12.7. The van der Waals surface area contributed by atoms with Gasteiger partial charge in [0, 0.05) is 31.6 Å². The van der Waals surface area contributed by atoms with E-state index in [1.807, 2.05) is 22.9 Å². The lowest BCUT2D eigenvalue weighted by Crippen LogP contribution is -2.46. The number of nitrogens with zero attached hydrogens (tertiary/aromatic N) is 6. The normalized spacial score (nSPS) is 14.4. The molecule has 2 aromatic carbocycles. The Labute approximate surface area is 203 Å². The zero-order valence-electron chi connectivity index (χ0n) is 19.8. The van der Waals surface area contributed by atoms with Gasteiger partial charge < -0.3 is 9.80 Å². The fraction of sp³-hybridized carbons (Fsp3) is 0.296. The van der Waals surface area contributed by atoms with Gasteiger partial charge in [-0.15, -0.1) is 0 Å². The van der Waals surface area contributed by atoms with E-state index in [0.29, 0.717) is 0 Å². The van der Waals surface area contributed by atoms with Gasteiger partial charge in [0.25, 0.3) is 0 Å². The monoisotopic (exact) mass is 468 g/mol. The molecule has 34 heavy (non-hydrogen) atoms. The summed E-state index contributed by atoms with van der Waals surface area (Å²) >= 11 is 1.81. The van der Waals surface area contributed by atoms with E-state index in [0.717, 1.165) is 71.5 Å². The molecule has 1 saturated heterocycles. The van der Waals surface area contributed by atoms with Gasteiger partial charge >= 0.3 is 0 Å². The lowest BCUT2D eigenvalue weighted by Gasteiger charge is -2.35. The van der Waals surface area contributed by atoms with Crippen molar-refractivity contribution in [2.45, 2.75) is 27.2 Å². The minimum atomic E-state index is 0.923. The number of aryl methyl sites for hydroxylation is 3. The molecule has 172 valence electrons. The summed E-state index contributed by atoms with van der Waals surface area (Å²) in [5.74, 6) is 1.03. The predicted octanol–water partition coefficient (Wildman–Crippen LogP) is 5.54. The molecule has 0 unspecified atom stereocenters. The molecule has 5 aromatic rings. The molecule has 0 atom stereocenters. The first-order chi connectivity index (χ1) is 16.6. The maximum Gasteiger partial charge on any atom is 0.186 e. The van der Waals surface area contributed by atoms with Crippen molar-refractivity contribution in [2.75, 3.05) is 36.0 Å². The van der Waals surface area contributed by atoms with Gasteiger partial charge in [-0.1, -0.05) is 42.5 Å². The van der Waals surface area contributed by atoms with E-state index in [2.05, 4.69) is 67.0 Å². The highest BCUT2D eigenvalue weighted by molar-refractivity contribution is 7.22. The van der Waals surface area contributed by atoms with Crippen LogP contribution in [0.5, 0.6) is 0 Å². The summed E-state index contributed by atoms with van der Waals surface area (Å²) in [4.78, 5) is 14.8. The van der Waals surface area contributed by atoms with Gasteiger partial charge in [0.2, 0.25) is 0 Å². The van der Waals surface area contributed by atoms with Crippen LogP contribution < -0.4 is 9.80 Å². The summed E-state index contributed by atoms with van der Waals surface area (Å²) in [7, 11) is 0. The van der Waals surface area contributed by atoms with Gasteiger partial charge in [-0.05, 0) is 61.7 Å². The quantitative estimate of drug-likeness (QED) is 0.347. The second kappa shape index (κ2) is 8.40. The number of para-hydroxylation sites is 1. The molecule has 3 aromatic heterocycles. The summed E-state index contributed by atoms with van der Waals surface area (Å²) < 4.78 is 3.26. The summed E-state index contributed by atoms with van der Waals surface area (Å²) in [5.41, 5.74) is 6.68. The number of hydrogen-bond donors (Lipinski definition) is 0. The highest BCUT2D eigenvalue weighted by Crippen LogP contribution is 2.32. The molecule has 0 saturated carbocycles. The Morgan fingerprint density at radius 3 is 2.41 bits per heavy atom. The minimum absolute atomic E-state index is 0.923. The first-order valence-electron chi connectivity index (χ1n) is 11.9. The molecular weight excluding hydrogens is 440 g/mol. The minimum Gasteiger partial charge on any atom is -0.353 e. The van der Waals surface area contributed by atoms with Gasteiger partial charge in [-0.3, -0.25) is 0 Å². The molecule has 1 aliphatic rings. The lowest BCUT2D eigenvalue weighted by molar-refractivity contribution is 0.647. The largest absolute Gasteiger partial charge is 0.353 e. The Kier molecular flexibility index (Phi) is 5.21. The number of rotatable bonds is 4. The van der Waals surface area contributed by atoms with Crippen LogP contribution in [-0.2, 0) is 6.42 Å². The molecule has 6 nitrogen and oxygen atoms in total. The van der Waals surface area contributed by atoms with Gasteiger partial charge in [0.05, 0.1) is 21.6 Å². The highest BCUT2D eigenvalue weighted by Gasteiger charge is 2.23. The van der Waals surface area contributed by atoms with Crippen molar-refractivity contribution in [1.29, 1.82) is 0 Å². The second-order valence-electron chi connectivity index (χ2n) is 8.95. The van der Waals surface area contributed by atoms with Crippen LogP contribution >= 0.6 is 11.3 Å². The van der Waals surface area contributed by atoms with Crippen LogP contribution in [0.2, 0.25) is 0 Å². The molecule has 0 aliphatic carbocycles. The fourth-order valence-electron chi connectivity index (χ4n) is 4.84. The molecule has 0 N–H and O–H groups in total. The Morgan fingerprint density at radius 2 is 1.65 bits per heavy atom. The van der Waals surface area contributed by atoms with Crippen LogP contribution in [0.1, 0.15) is 23.7 Å². The SMILES string of the molecule is CCc1ccc2nc(N3CCN(c4cc(C)c5c(C)nn(-c6ccccc6)c5n4)CC3)sc2c1. The molecule has 0 bridgehead atoms. The van der Waals surface area contributed by atoms with Crippen LogP contribution in [0.25, 0.3) is 26.9 Å². The smallest absolute Gasteiger partial charge is 0.186 e. The van der Waals surface area contributed by atoms with Crippen molar-refractivity contribution in [3.63, 3.8) is 0 Å². The van der Waals surface area contributed by atoms with Crippen LogP contribution in [-0.4, -0.2) is 45.9 Å². The van der Waals surface area contributed by atoms with Crippen molar-refractivity contribution in [3.8, 4) is 5.69 Å². The molecule has 6 rings (SSSR count). The molecule has 1 aliphatic heterocycles. The van der Waals surface area contributed by atoms with Crippen LogP contribution in [0.3, 0.4) is 0 Å². The number of thiazole rings is 1. The second-order valence-corrected chi connectivity index (χ2v) is 9.96. The molecule has 1 fully saturated rings. The summed E-state index contributed by atoms with van der Waals surface area (Å²) in [6.07, 6.45) is 1.06. The van der Waals surface area contributed by atoms with Crippen LogP contribution in [0.15, 0.2) is 54.6 Å². The standard InChI is InChI=1S/C27H28N6S/c1-4-20-10-11-22-23(17-20)34-27(28-22)32-14-12-31(13-15-32)24-16-18(2)25-19(3)30-33(26(25)29-24)21-8-6-5-7-9-21/h5-11,16-17H,4,12-15H2,1-3H3. The number of anilines is 2. The third-order valence-corrected chi connectivity index (χ3v) is 7.80. The Hall–Kier alpha value is -3.45. The van der Waals surface area contributed by atoms with E-state index in [1.54, 1.807) is 11.3 Å². The van der Waals surface area contributed by atoms with E-state index >= 15 is 0 Å². The van der Waals surface area contributed by atoms with Gasteiger partial charge in [0.15, 0.2) is 10.8 Å². The average molecular weight is 469 g/mol. The van der Waals surface area contributed by atoms with Crippen molar-refractivity contribution in [3.05, 3.63) is 71.4 Å². The molecule has 0 amide bonds. The zero-order chi connectivity index (χ0) is 23.2. The van der Waals surface area contributed by atoms with E-state index in [1.165, 1.54) is 15.8 Å². The third kappa shape index (κ3) is 3.60. The molecular formula is C27H28N6S. The van der Waals surface area contributed by atoms with Gasteiger partial charge in [-0.25, -0.2) is 14.6 Å². The topological polar surface area (TPSA) is 50.1 Å². The summed E-state index contributed by atoms with van der Waals surface area (Å²) in [6, 6.07) is 19.1. The van der Waals surface area contributed by atoms with E-state index < -0.39 is 0 Å². The van der Waals surface area contributed by atoms with E-state index in [-0.39, 0.29) is 0 Å². The summed E-state index contributed by atoms with van der Waals surface area (Å²) in [5, 5.41) is 7.08. The van der Waals surface area contributed by atoms with Gasteiger partial charge in [-0.2, -0.15) is 5.10 Å². The van der Waals surface area contributed by atoms with E-state index in [4.69, 9.17) is 15.1 Å². The number of pyridine rings is 1. The molecule has 0 radical (unpaired) electrons. The van der Waals surface area contributed by atoms with Crippen molar-refractivity contribution >= 4 is 43.5 Å².